The van der Waals surface area contributed by atoms with E-state index in [2.05, 4.69) is 5.32 Å². The number of hydrogen-bond acceptors (Lipinski definition) is 3. The molecule has 0 spiro atoms. The van der Waals surface area contributed by atoms with E-state index >= 15 is 0 Å². The Balaban J connectivity index is 1.65. The molecule has 0 saturated carbocycles. The lowest BCUT2D eigenvalue weighted by Crippen LogP contribution is -2.48. The third-order valence-electron chi connectivity index (χ3n) is 4.62. The molecule has 2 aliphatic rings. The summed E-state index contributed by atoms with van der Waals surface area (Å²) < 4.78 is 0. The number of nitrogens with zero attached hydrogens (tertiary/aromatic N) is 1. The van der Waals surface area contributed by atoms with Crippen LogP contribution in [-0.4, -0.2) is 28.7 Å². The molecule has 0 unspecified atom stereocenters. The van der Waals surface area contributed by atoms with Crippen LogP contribution in [0.1, 0.15) is 25.3 Å². The number of imide groups is 1. The third kappa shape index (κ3) is 2.91. The first kappa shape index (κ1) is 15.5. The summed E-state index contributed by atoms with van der Waals surface area (Å²) in [4.78, 5) is 38.4. The molecule has 1 aliphatic carbocycles. The van der Waals surface area contributed by atoms with Crippen molar-refractivity contribution in [3.63, 3.8) is 0 Å². The predicted molar refractivity (Wildman–Crippen MR) is 85.0 cm³/mol. The minimum atomic E-state index is -0.774. The van der Waals surface area contributed by atoms with Gasteiger partial charge in [0, 0.05) is 6.54 Å². The van der Waals surface area contributed by atoms with Gasteiger partial charge in [0.1, 0.15) is 6.04 Å². The second-order valence-electron chi connectivity index (χ2n) is 6.08. The van der Waals surface area contributed by atoms with E-state index in [1.165, 1.54) is 0 Å². The Kier molecular flexibility index (Phi) is 4.28. The Labute approximate surface area is 135 Å². The van der Waals surface area contributed by atoms with E-state index in [9.17, 15) is 14.4 Å². The number of carbonyl (C=O) groups is 3. The molecule has 23 heavy (non-hydrogen) atoms. The molecule has 5 nitrogen and oxygen atoms in total. The van der Waals surface area contributed by atoms with Gasteiger partial charge < -0.3 is 5.32 Å². The molecular weight excluding hydrogens is 292 g/mol. The van der Waals surface area contributed by atoms with Crippen LogP contribution in [0.5, 0.6) is 0 Å². The van der Waals surface area contributed by atoms with Crippen LogP contribution < -0.4 is 5.32 Å². The van der Waals surface area contributed by atoms with Crippen molar-refractivity contribution in [3.8, 4) is 0 Å². The smallest absolute Gasteiger partial charge is 0.243 e. The SMILES string of the molecule is C[C@@H](C(=O)NCc1ccccc1)N1C(=O)[C@@H]2CC=CC[C@H]2C1=O. The van der Waals surface area contributed by atoms with Gasteiger partial charge >= 0.3 is 0 Å². The summed E-state index contributed by atoms with van der Waals surface area (Å²) in [7, 11) is 0. The summed E-state index contributed by atoms with van der Waals surface area (Å²) >= 11 is 0. The molecule has 5 heteroatoms. The van der Waals surface area contributed by atoms with Crippen molar-refractivity contribution in [3.05, 3.63) is 48.0 Å². The van der Waals surface area contributed by atoms with Gasteiger partial charge in [-0.2, -0.15) is 0 Å². The summed E-state index contributed by atoms with van der Waals surface area (Å²) in [6.07, 6.45) is 5.06. The summed E-state index contributed by atoms with van der Waals surface area (Å²) in [5.41, 5.74) is 0.977. The van der Waals surface area contributed by atoms with Crippen LogP contribution in [0.15, 0.2) is 42.5 Å². The number of carbonyl (C=O) groups excluding carboxylic acids is 3. The van der Waals surface area contributed by atoms with Gasteiger partial charge in [-0.3, -0.25) is 19.3 Å². The monoisotopic (exact) mass is 312 g/mol. The van der Waals surface area contributed by atoms with E-state index in [0.717, 1.165) is 10.5 Å². The maximum atomic E-state index is 12.5. The number of fused-ring (bicyclic) bond motifs is 1. The zero-order chi connectivity index (χ0) is 16.4. The molecule has 0 bridgehead atoms. The fourth-order valence-electron chi connectivity index (χ4n) is 3.26. The molecule has 3 amide bonds. The highest BCUT2D eigenvalue weighted by Gasteiger charge is 2.49. The molecule has 1 aromatic carbocycles. The Morgan fingerprint density at radius 2 is 1.70 bits per heavy atom. The second-order valence-corrected chi connectivity index (χ2v) is 6.08. The highest BCUT2D eigenvalue weighted by Crippen LogP contribution is 2.36. The molecule has 1 heterocycles. The first-order valence-electron chi connectivity index (χ1n) is 7.93. The van der Waals surface area contributed by atoms with Gasteiger partial charge in [-0.25, -0.2) is 0 Å². The number of rotatable bonds is 4. The fourth-order valence-corrected chi connectivity index (χ4v) is 3.26. The molecule has 1 fully saturated rings. The highest BCUT2D eigenvalue weighted by molar-refractivity contribution is 6.08. The average molecular weight is 312 g/mol. The normalized spacial score (nSPS) is 24.5. The van der Waals surface area contributed by atoms with Crippen LogP contribution in [0, 0.1) is 11.8 Å². The third-order valence-corrected chi connectivity index (χ3v) is 4.62. The molecule has 1 aromatic rings. The van der Waals surface area contributed by atoms with Gasteiger partial charge in [-0.1, -0.05) is 42.5 Å². The number of allylic oxidation sites excluding steroid dienone is 2. The molecule has 1 aliphatic heterocycles. The first-order chi connectivity index (χ1) is 11.1. The Morgan fingerprint density at radius 3 is 2.26 bits per heavy atom. The average Bonchev–Trinajstić information content (AvgIpc) is 2.84. The molecule has 3 atom stereocenters. The fraction of sp³-hybridized carbons (Fsp3) is 0.389. The number of nitrogens with one attached hydrogen (secondary N) is 1. The van der Waals surface area contributed by atoms with Gasteiger partial charge in [-0.15, -0.1) is 0 Å². The van der Waals surface area contributed by atoms with Gasteiger partial charge in [-0.05, 0) is 25.3 Å². The van der Waals surface area contributed by atoms with E-state index in [0.29, 0.717) is 19.4 Å². The number of amides is 3. The van der Waals surface area contributed by atoms with E-state index in [1.807, 2.05) is 42.5 Å². The van der Waals surface area contributed by atoms with Crippen molar-refractivity contribution in [2.24, 2.45) is 11.8 Å². The van der Waals surface area contributed by atoms with Crippen LogP contribution in [-0.2, 0) is 20.9 Å². The van der Waals surface area contributed by atoms with Crippen LogP contribution in [0.2, 0.25) is 0 Å². The standard InChI is InChI=1S/C18H20N2O3/c1-12(16(21)19-11-13-7-3-2-4-8-13)20-17(22)14-9-5-6-10-15(14)18(20)23/h2-8,12,14-15H,9-11H2,1H3,(H,19,21)/t12-,14+,15+/m0/s1. The summed E-state index contributed by atoms with van der Waals surface area (Å²) in [6, 6.07) is 8.76. The first-order valence-corrected chi connectivity index (χ1v) is 7.93. The Morgan fingerprint density at radius 1 is 1.13 bits per heavy atom. The zero-order valence-electron chi connectivity index (χ0n) is 13.1. The van der Waals surface area contributed by atoms with Crippen molar-refractivity contribution in [1.82, 2.24) is 10.2 Å². The van der Waals surface area contributed by atoms with Crippen molar-refractivity contribution in [1.29, 1.82) is 0 Å². The Bertz CT molecular complexity index is 627. The molecule has 1 N–H and O–H groups in total. The molecular formula is C18H20N2O3. The number of likely N-dealkylation sites (tertiary alicyclic amines) is 1. The van der Waals surface area contributed by atoms with Gasteiger partial charge in [0.15, 0.2) is 0 Å². The maximum absolute atomic E-state index is 12.5. The minimum Gasteiger partial charge on any atom is -0.350 e. The molecule has 0 radical (unpaired) electrons. The second kappa shape index (κ2) is 6.36. The summed E-state index contributed by atoms with van der Waals surface area (Å²) in [5.74, 6) is -1.32. The lowest BCUT2D eigenvalue weighted by Gasteiger charge is -2.22. The zero-order valence-corrected chi connectivity index (χ0v) is 13.1. The van der Waals surface area contributed by atoms with Crippen molar-refractivity contribution in [2.45, 2.75) is 32.4 Å². The van der Waals surface area contributed by atoms with Gasteiger partial charge in [0.05, 0.1) is 11.8 Å². The van der Waals surface area contributed by atoms with E-state index < -0.39 is 6.04 Å². The molecule has 1 saturated heterocycles. The highest BCUT2D eigenvalue weighted by atomic mass is 16.2. The molecule has 0 aromatic heterocycles. The quantitative estimate of drug-likeness (QED) is 0.679. The van der Waals surface area contributed by atoms with Crippen LogP contribution in [0.3, 0.4) is 0 Å². The van der Waals surface area contributed by atoms with Gasteiger partial charge in [0.25, 0.3) is 0 Å². The Hall–Kier alpha value is -2.43. The predicted octanol–water partition coefficient (Wildman–Crippen LogP) is 1.64. The lowest BCUT2D eigenvalue weighted by molar-refractivity contribution is -0.147. The van der Waals surface area contributed by atoms with Gasteiger partial charge in [0.2, 0.25) is 17.7 Å². The maximum Gasteiger partial charge on any atom is 0.243 e. The van der Waals surface area contributed by atoms with E-state index in [-0.39, 0.29) is 29.6 Å². The summed E-state index contributed by atoms with van der Waals surface area (Å²) in [5, 5.41) is 2.80. The largest absolute Gasteiger partial charge is 0.350 e. The lowest BCUT2D eigenvalue weighted by atomic mass is 9.85. The topological polar surface area (TPSA) is 66.5 Å². The number of benzene rings is 1. The molecule has 120 valence electrons. The molecule has 3 rings (SSSR count). The number of hydrogen-bond donors (Lipinski definition) is 1. The van der Waals surface area contributed by atoms with E-state index in [4.69, 9.17) is 0 Å². The van der Waals surface area contributed by atoms with Crippen molar-refractivity contribution in [2.75, 3.05) is 0 Å². The van der Waals surface area contributed by atoms with E-state index in [1.54, 1.807) is 6.92 Å². The van der Waals surface area contributed by atoms with Crippen LogP contribution >= 0.6 is 0 Å². The minimum absolute atomic E-state index is 0.216. The van der Waals surface area contributed by atoms with Crippen molar-refractivity contribution < 1.29 is 14.4 Å². The van der Waals surface area contributed by atoms with Crippen molar-refractivity contribution >= 4 is 17.7 Å². The van der Waals surface area contributed by atoms with Crippen LogP contribution in [0.25, 0.3) is 0 Å². The van der Waals surface area contributed by atoms with Crippen LogP contribution in [0.4, 0.5) is 0 Å². The summed E-state index contributed by atoms with van der Waals surface area (Å²) in [6.45, 7) is 2.00.